The maximum atomic E-state index is 2.24. The average molecular weight is 184 g/mol. The van der Waals surface area contributed by atoms with Gasteiger partial charge in [0.05, 0.1) is 0 Å². The van der Waals surface area contributed by atoms with Crippen LogP contribution in [0.25, 0.3) is 0 Å². The minimum atomic E-state index is 1.22. The summed E-state index contributed by atoms with van der Waals surface area (Å²) in [5, 5.41) is 0. The first-order valence-corrected chi connectivity index (χ1v) is 4.73. The second-order valence-electron chi connectivity index (χ2n) is 2.14. The van der Waals surface area contributed by atoms with Crippen LogP contribution in [-0.4, -0.2) is 16.5 Å². The fourth-order valence-corrected chi connectivity index (χ4v) is 1.67. The molecule has 0 N–H and O–H groups in total. The van der Waals surface area contributed by atoms with E-state index >= 15 is 0 Å². The molecule has 0 unspecified atom stereocenters. The fourth-order valence-electron chi connectivity index (χ4n) is 0.927. The van der Waals surface area contributed by atoms with Crippen LogP contribution in [0.1, 0.15) is 40.0 Å². The number of rotatable bonds is 3. The minimum absolute atomic E-state index is 1.22. The van der Waals surface area contributed by atoms with Gasteiger partial charge in [-0.3, -0.25) is 0 Å². The van der Waals surface area contributed by atoms with Gasteiger partial charge in [-0.05, 0) is 0 Å². The summed E-state index contributed by atoms with van der Waals surface area (Å²) >= 11 is 2.24. The van der Waals surface area contributed by atoms with Crippen LogP contribution >= 0.6 is 0 Å². The maximum absolute atomic E-state index is 2.24. The molecule has 0 aliphatic carbocycles. The van der Waals surface area contributed by atoms with Crippen molar-refractivity contribution in [3.8, 4) is 0 Å². The van der Waals surface area contributed by atoms with Gasteiger partial charge in [-0.15, -0.1) is 0 Å². The van der Waals surface area contributed by atoms with E-state index in [0.717, 1.165) is 0 Å². The Morgan fingerprint density at radius 2 is 1.44 bits per heavy atom. The van der Waals surface area contributed by atoms with Gasteiger partial charge >= 0.3 is 66.5 Å². The van der Waals surface area contributed by atoms with Crippen molar-refractivity contribution in [1.82, 2.24) is 0 Å². The summed E-state index contributed by atoms with van der Waals surface area (Å²) in [6, 6.07) is 0. The molecule has 0 aromatic carbocycles. The Kier molecular flexibility index (Phi) is 5.26. The molecule has 0 aliphatic heterocycles. The quantitative estimate of drug-likeness (QED) is 0.591. The first kappa shape index (κ1) is 9.28. The van der Waals surface area contributed by atoms with Crippen LogP contribution in [0.3, 0.4) is 0 Å². The Labute approximate surface area is 66.9 Å². The number of allylic oxidation sites excluding steroid dienone is 2. The first-order valence-electron chi connectivity index (χ1n) is 3.68. The molecule has 0 heterocycles. The zero-order chi connectivity index (χ0) is 7.28. The van der Waals surface area contributed by atoms with Gasteiger partial charge in [0.1, 0.15) is 0 Å². The molecule has 0 saturated carbocycles. The van der Waals surface area contributed by atoms with Crippen molar-refractivity contribution in [3.05, 3.63) is 9.98 Å². The van der Waals surface area contributed by atoms with E-state index in [1.54, 1.807) is 9.98 Å². The molecule has 0 aliphatic rings. The molecule has 0 nitrogen and oxygen atoms in total. The second-order valence-corrected chi connectivity index (χ2v) is 3.41. The van der Waals surface area contributed by atoms with Gasteiger partial charge in [-0.1, -0.05) is 0 Å². The third kappa shape index (κ3) is 3.09. The van der Waals surface area contributed by atoms with Crippen molar-refractivity contribution in [2.75, 3.05) is 0 Å². The van der Waals surface area contributed by atoms with E-state index in [9.17, 15) is 0 Å². The summed E-state index contributed by atoms with van der Waals surface area (Å²) in [4.78, 5) is 0. The zero-order valence-corrected chi connectivity index (χ0v) is 8.72. The molecule has 0 atom stereocenters. The molecule has 0 bridgehead atoms. The monoisotopic (exact) mass is 185 g/mol. The molecular weight excluding hydrogens is 169 g/mol. The van der Waals surface area contributed by atoms with Crippen molar-refractivity contribution >= 4 is 16.5 Å². The van der Waals surface area contributed by atoms with Crippen LogP contribution in [0.4, 0.5) is 0 Å². The molecule has 0 fully saturated rings. The van der Waals surface area contributed by atoms with Crippen molar-refractivity contribution in [2.45, 2.75) is 40.0 Å². The van der Waals surface area contributed by atoms with Crippen molar-refractivity contribution < 1.29 is 0 Å². The average Bonchev–Trinajstić information content (AvgIpc) is 1.90. The molecule has 51 valence electrons. The molecule has 0 aromatic heterocycles. The summed E-state index contributed by atoms with van der Waals surface area (Å²) in [7, 11) is 0. The molecule has 0 spiro atoms. The van der Waals surface area contributed by atoms with Crippen LogP contribution in [0, 0.1) is 0 Å². The van der Waals surface area contributed by atoms with Gasteiger partial charge in [0, 0.05) is 0 Å². The van der Waals surface area contributed by atoms with E-state index in [1.165, 1.54) is 19.3 Å². The number of hydrogen-bond donors (Lipinski definition) is 0. The number of hydrogen-bond acceptors (Lipinski definition) is 0. The third-order valence-corrected chi connectivity index (χ3v) is 3.12. The Hall–Kier alpha value is 0.283. The molecular formula is C8H15Ge. The summed E-state index contributed by atoms with van der Waals surface area (Å²) in [6.45, 7) is 6.69. The van der Waals surface area contributed by atoms with Gasteiger partial charge in [0.15, 0.2) is 0 Å². The van der Waals surface area contributed by atoms with E-state index in [0.29, 0.717) is 0 Å². The van der Waals surface area contributed by atoms with Crippen LogP contribution < -0.4 is 0 Å². The molecule has 0 aromatic rings. The SMILES string of the molecule is CC[C]([Ge])=C(CC)CC. The molecule has 3 radical (unpaired) electrons. The predicted molar refractivity (Wildman–Crippen MR) is 43.7 cm³/mol. The second kappa shape index (κ2) is 5.10. The van der Waals surface area contributed by atoms with Crippen LogP contribution in [-0.2, 0) is 0 Å². The van der Waals surface area contributed by atoms with E-state index in [2.05, 4.69) is 37.3 Å². The predicted octanol–water partition coefficient (Wildman–Crippen LogP) is 2.64. The van der Waals surface area contributed by atoms with Crippen LogP contribution in [0.5, 0.6) is 0 Å². The Balaban J connectivity index is 4.01. The van der Waals surface area contributed by atoms with E-state index in [4.69, 9.17) is 0 Å². The van der Waals surface area contributed by atoms with Gasteiger partial charge in [0.2, 0.25) is 0 Å². The van der Waals surface area contributed by atoms with E-state index in [1.807, 2.05) is 0 Å². The Morgan fingerprint density at radius 1 is 1.00 bits per heavy atom. The summed E-state index contributed by atoms with van der Waals surface area (Å²) in [5.41, 5.74) is 1.64. The van der Waals surface area contributed by atoms with Crippen LogP contribution in [0.2, 0.25) is 0 Å². The van der Waals surface area contributed by atoms with Crippen molar-refractivity contribution in [1.29, 1.82) is 0 Å². The first-order chi connectivity index (χ1) is 4.26. The molecule has 0 rings (SSSR count). The molecule has 0 amide bonds. The Bertz CT molecular complexity index is 97.1. The summed E-state index contributed by atoms with van der Waals surface area (Å²) in [6.07, 6.45) is 3.68. The molecule has 9 heavy (non-hydrogen) atoms. The van der Waals surface area contributed by atoms with Gasteiger partial charge in [-0.2, -0.15) is 0 Å². The van der Waals surface area contributed by atoms with E-state index < -0.39 is 0 Å². The van der Waals surface area contributed by atoms with Gasteiger partial charge < -0.3 is 0 Å². The van der Waals surface area contributed by atoms with Gasteiger partial charge in [0.25, 0.3) is 0 Å². The van der Waals surface area contributed by atoms with Crippen LogP contribution in [0.15, 0.2) is 9.98 Å². The normalized spacial score (nSPS) is 9.33. The standard InChI is InChI=1S/C8H15Ge/c1-4-7(5-2)8(9)6-3/h4-6H2,1-3H3. The van der Waals surface area contributed by atoms with Crippen molar-refractivity contribution in [3.63, 3.8) is 0 Å². The fraction of sp³-hybridized carbons (Fsp3) is 0.750. The topological polar surface area (TPSA) is 0 Å². The zero-order valence-electron chi connectivity index (χ0n) is 6.62. The van der Waals surface area contributed by atoms with Crippen molar-refractivity contribution in [2.24, 2.45) is 0 Å². The Morgan fingerprint density at radius 3 is 1.56 bits per heavy atom. The van der Waals surface area contributed by atoms with Gasteiger partial charge in [-0.25, -0.2) is 0 Å². The summed E-state index contributed by atoms with van der Waals surface area (Å²) < 4.78 is 1.58. The molecule has 1 heteroatoms. The van der Waals surface area contributed by atoms with E-state index in [-0.39, 0.29) is 0 Å². The third-order valence-electron chi connectivity index (χ3n) is 1.63. The molecule has 0 saturated heterocycles. The summed E-state index contributed by atoms with van der Waals surface area (Å²) in [5.74, 6) is 0.